The minimum Gasteiger partial charge on any atom is -0.444 e. The first-order valence-electron chi connectivity index (χ1n) is 12.4. The molecule has 2 aliphatic heterocycles. The Labute approximate surface area is 211 Å². The third-order valence-corrected chi connectivity index (χ3v) is 5.94. The molecule has 0 aliphatic carbocycles. The molecule has 0 aromatic carbocycles. The molecule has 11 heteroatoms. The van der Waals surface area contributed by atoms with E-state index in [0.717, 1.165) is 29.2 Å². The van der Waals surface area contributed by atoms with Gasteiger partial charge in [0.15, 0.2) is 5.82 Å². The molecule has 0 saturated carbocycles. The number of anilines is 2. The molecule has 2 N–H and O–H groups in total. The fourth-order valence-corrected chi connectivity index (χ4v) is 4.22. The molecular weight excluding hydrogens is 462 g/mol. The number of amides is 3. The maximum atomic E-state index is 12.8. The number of urea groups is 1. The Kier molecular flexibility index (Phi) is 7.58. The average molecular weight is 498 g/mol. The second-order valence-corrected chi connectivity index (χ2v) is 9.98. The predicted octanol–water partition coefficient (Wildman–Crippen LogP) is 3.20. The van der Waals surface area contributed by atoms with E-state index in [4.69, 9.17) is 19.4 Å². The molecule has 3 amide bonds. The maximum Gasteiger partial charge on any atom is 0.410 e. The van der Waals surface area contributed by atoms with E-state index in [2.05, 4.69) is 27.4 Å². The Hall–Kier alpha value is -3.47. The van der Waals surface area contributed by atoms with E-state index >= 15 is 0 Å². The Morgan fingerprint density at radius 2 is 2.03 bits per heavy atom. The smallest absolute Gasteiger partial charge is 0.410 e. The van der Waals surface area contributed by atoms with E-state index in [-0.39, 0.29) is 18.2 Å². The Morgan fingerprint density at radius 1 is 1.22 bits per heavy atom. The molecule has 11 nitrogen and oxygen atoms in total. The van der Waals surface area contributed by atoms with E-state index in [1.165, 1.54) is 0 Å². The van der Waals surface area contributed by atoms with Crippen molar-refractivity contribution in [3.8, 4) is 11.4 Å². The number of carbonyl (C=O) groups is 2. The van der Waals surface area contributed by atoms with Crippen LogP contribution < -0.4 is 15.5 Å². The van der Waals surface area contributed by atoms with Crippen molar-refractivity contribution in [2.75, 3.05) is 43.1 Å². The van der Waals surface area contributed by atoms with Crippen molar-refractivity contribution < 1.29 is 19.1 Å². The monoisotopic (exact) mass is 497 g/mol. The molecule has 1 atom stereocenters. The number of hydrogen-bond acceptors (Lipinski definition) is 8. The second-order valence-electron chi connectivity index (χ2n) is 9.98. The molecule has 4 rings (SSSR count). The molecule has 2 aliphatic rings. The average Bonchev–Trinajstić information content (AvgIpc) is 2.83. The van der Waals surface area contributed by atoms with Crippen molar-refractivity contribution >= 4 is 23.8 Å². The molecule has 1 fully saturated rings. The van der Waals surface area contributed by atoms with Crippen molar-refractivity contribution in [1.29, 1.82) is 0 Å². The van der Waals surface area contributed by atoms with Gasteiger partial charge < -0.3 is 24.6 Å². The van der Waals surface area contributed by atoms with Gasteiger partial charge in [-0.15, -0.1) is 0 Å². The minimum absolute atomic E-state index is 0.163. The van der Waals surface area contributed by atoms with Crippen LogP contribution in [0.25, 0.3) is 11.4 Å². The summed E-state index contributed by atoms with van der Waals surface area (Å²) in [7, 11) is 0. The minimum atomic E-state index is -0.571. The predicted molar refractivity (Wildman–Crippen MR) is 136 cm³/mol. The van der Waals surface area contributed by atoms with Gasteiger partial charge in [0.25, 0.3) is 0 Å². The maximum absolute atomic E-state index is 12.8. The SMILES string of the molecule is CCNC(=O)Nc1ccc(-c2nc3c(c(N4CCOCC4C)n2)CCN(C(=O)OC(C)(C)C)C3)cn1. The van der Waals surface area contributed by atoms with Gasteiger partial charge in [0, 0.05) is 37.0 Å². The number of morpholine rings is 1. The third kappa shape index (κ3) is 6.01. The largest absolute Gasteiger partial charge is 0.444 e. The summed E-state index contributed by atoms with van der Waals surface area (Å²) in [6.07, 6.45) is 1.93. The molecule has 0 radical (unpaired) electrons. The van der Waals surface area contributed by atoms with Crippen molar-refractivity contribution in [3.63, 3.8) is 0 Å². The van der Waals surface area contributed by atoms with E-state index in [9.17, 15) is 9.59 Å². The van der Waals surface area contributed by atoms with Crippen LogP contribution in [0.1, 0.15) is 45.9 Å². The van der Waals surface area contributed by atoms with E-state index in [0.29, 0.717) is 50.9 Å². The molecule has 4 heterocycles. The summed E-state index contributed by atoms with van der Waals surface area (Å²) in [5.41, 5.74) is 2.00. The standard InChI is InChI=1S/C25H35N7O4/c1-6-26-23(33)29-20-8-7-17(13-27-20)21-28-19-14-31(24(34)36-25(3,4)5)10-9-18(19)22(30-21)32-11-12-35-15-16(32)2/h7-8,13,16H,6,9-12,14-15H2,1-5H3,(H2,26,27,29,33). The number of carbonyl (C=O) groups excluding carboxylic acids is 2. The van der Waals surface area contributed by atoms with Crippen LogP contribution in [0.2, 0.25) is 0 Å². The lowest BCUT2D eigenvalue weighted by molar-refractivity contribution is 0.0220. The topological polar surface area (TPSA) is 122 Å². The van der Waals surface area contributed by atoms with Gasteiger partial charge in [-0.2, -0.15) is 0 Å². The van der Waals surface area contributed by atoms with Gasteiger partial charge in [-0.05, 0) is 53.2 Å². The van der Waals surface area contributed by atoms with Crippen molar-refractivity contribution in [1.82, 2.24) is 25.2 Å². The zero-order chi connectivity index (χ0) is 25.9. The fourth-order valence-electron chi connectivity index (χ4n) is 4.22. The van der Waals surface area contributed by atoms with E-state index < -0.39 is 5.60 Å². The van der Waals surface area contributed by atoms with Crippen LogP contribution in [0.5, 0.6) is 0 Å². The number of rotatable bonds is 4. The summed E-state index contributed by atoms with van der Waals surface area (Å²) in [6.45, 7) is 12.9. The molecule has 2 aromatic heterocycles. The van der Waals surface area contributed by atoms with Crippen molar-refractivity contribution in [2.45, 2.75) is 59.2 Å². The Morgan fingerprint density at radius 3 is 2.69 bits per heavy atom. The first-order chi connectivity index (χ1) is 17.1. The van der Waals surface area contributed by atoms with Crippen molar-refractivity contribution in [3.05, 3.63) is 29.6 Å². The zero-order valence-electron chi connectivity index (χ0n) is 21.6. The van der Waals surface area contributed by atoms with Gasteiger partial charge in [0.1, 0.15) is 17.2 Å². The van der Waals surface area contributed by atoms with Gasteiger partial charge in [-0.25, -0.2) is 24.5 Å². The second kappa shape index (κ2) is 10.7. The summed E-state index contributed by atoms with van der Waals surface area (Å²) in [6, 6.07) is 3.40. The van der Waals surface area contributed by atoms with Crippen LogP contribution in [-0.4, -0.2) is 76.5 Å². The van der Waals surface area contributed by atoms with Crippen LogP contribution in [0.3, 0.4) is 0 Å². The number of fused-ring (bicyclic) bond motifs is 1. The normalized spacial score (nSPS) is 17.9. The summed E-state index contributed by atoms with van der Waals surface area (Å²) in [5.74, 6) is 1.82. The Bertz CT molecular complexity index is 1100. The van der Waals surface area contributed by atoms with E-state index in [1.54, 1.807) is 17.2 Å². The van der Waals surface area contributed by atoms with Gasteiger partial charge in [0.2, 0.25) is 0 Å². The lowest BCUT2D eigenvalue weighted by Crippen LogP contribution is -2.46. The molecule has 1 saturated heterocycles. The third-order valence-electron chi connectivity index (χ3n) is 5.94. The molecule has 194 valence electrons. The molecular formula is C25H35N7O4. The lowest BCUT2D eigenvalue weighted by Gasteiger charge is -2.38. The zero-order valence-corrected chi connectivity index (χ0v) is 21.6. The number of nitrogens with zero attached hydrogens (tertiary/aromatic N) is 5. The van der Waals surface area contributed by atoms with E-state index in [1.807, 2.05) is 33.8 Å². The highest BCUT2D eigenvalue weighted by Gasteiger charge is 2.32. The molecule has 1 unspecified atom stereocenters. The number of hydrogen-bond donors (Lipinski definition) is 2. The van der Waals surface area contributed by atoms with Crippen LogP contribution >= 0.6 is 0 Å². The van der Waals surface area contributed by atoms with Gasteiger partial charge >= 0.3 is 12.1 Å². The number of ether oxygens (including phenoxy) is 2. The summed E-state index contributed by atoms with van der Waals surface area (Å²) in [5, 5.41) is 5.37. The molecule has 0 spiro atoms. The molecule has 2 aromatic rings. The van der Waals surface area contributed by atoms with Gasteiger partial charge in [-0.1, -0.05) is 0 Å². The van der Waals surface area contributed by atoms with Gasteiger partial charge in [-0.3, -0.25) is 5.32 Å². The first-order valence-corrected chi connectivity index (χ1v) is 12.4. The summed E-state index contributed by atoms with van der Waals surface area (Å²) >= 11 is 0. The van der Waals surface area contributed by atoms with Crippen molar-refractivity contribution in [2.24, 2.45) is 0 Å². The first kappa shape index (κ1) is 25.6. The highest BCUT2D eigenvalue weighted by atomic mass is 16.6. The highest BCUT2D eigenvalue weighted by molar-refractivity contribution is 5.88. The number of nitrogens with one attached hydrogen (secondary N) is 2. The highest BCUT2D eigenvalue weighted by Crippen LogP contribution is 2.32. The molecule has 36 heavy (non-hydrogen) atoms. The number of aromatic nitrogens is 3. The van der Waals surface area contributed by atoms with Crippen LogP contribution in [0.15, 0.2) is 18.3 Å². The fraction of sp³-hybridized carbons (Fsp3) is 0.560. The van der Waals surface area contributed by atoms with Crippen LogP contribution in [0.4, 0.5) is 21.2 Å². The summed E-state index contributed by atoms with van der Waals surface area (Å²) < 4.78 is 11.2. The Balaban J connectivity index is 1.67. The van der Waals surface area contributed by atoms with Crippen LogP contribution in [0, 0.1) is 0 Å². The molecule has 0 bridgehead atoms. The number of pyridine rings is 1. The van der Waals surface area contributed by atoms with Crippen LogP contribution in [-0.2, 0) is 22.4 Å². The summed E-state index contributed by atoms with van der Waals surface area (Å²) in [4.78, 5) is 42.7. The quantitative estimate of drug-likeness (QED) is 0.661. The van der Waals surface area contributed by atoms with Gasteiger partial charge in [0.05, 0.1) is 31.5 Å². The lowest BCUT2D eigenvalue weighted by atomic mass is 10.0.